The van der Waals surface area contributed by atoms with Crippen molar-refractivity contribution in [2.24, 2.45) is 7.05 Å². The number of aryl methyl sites for hydroxylation is 1. The van der Waals surface area contributed by atoms with Gasteiger partial charge in [-0.25, -0.2) is 9.67 Å². The highest BCUT2D eigenvalue weighted by molar-refractivity contribution is 5.76. The molecule has 20 heavy (non-hydrogen) atoms. The van der Waals surface area contributed by atoms with E-state index < -0.39 is 0 Å². The molecular formula is C12H16N6O2. The van der Waals surface area contributed by atoms with Gasteiger partial charge in [0.25, 0.3) is 5.56 Å². The Morgan fingerprint density at radius 1 is 1.30 bits per heavy atom. The van der Waals surface area contributed by atoms with Crippen molar-refractivity contribution in [1.29, 1.82) is 0 Å². The quantitative estimate of drug-likeness (QED) is 0.740. The number of hydrogen-bond donors (Lipinski definition) is 0. The summed E-state index contributed by atoms with van der Waals surface area (Å²) in [6.07, 6.45) is 4.61. The fourth-order valence-electron chi connectivity index (χ4n) is 2.45. The van der Waals surface area contributed by atoms with Gasteiger partial charge in [-0.05, 0) is 19.3 Å². The van der Waals surface area contributed by atoms with Gasteiger partial charge in [0.1, 0.15) is 12.9 Å². The lowest BCUT2D eigenvalue weighted by molar-refractivity contribution is -0.132. The maximum absolute atomic E-state index is 12.2. The minimum atomic E-state index is -0.326. The van der Waals surface area contributed by atoms with Gasteiger partial charge in [0.05, 0.1) is 0 Å². The molecule has 1 aliphatic rings. The van der Waals surface area contributed by atoms with Crippen molar-refractivity contribution in [1.82, 2.24) is 29.4 Å². The standard InChI is InChI=1S/C12H16N6O2/c1-16-11-10(14-15-16)12(20)18(8-13-11)7-9(19)17-5-3-2-4-6-17/h8H,2-7H2,1H3. The zero-order chi connectivity index (χ0) is 14.1. The number of carbonyl (C=O) groups excluding carboxylic acids is 1. The Hall–Kier alpha value is -2.25. The number of piperidine rings is 1. The van der Waals surface area contributed by atoms with Crippen molar-refractivity contribution < 1.29 is 4.79 Å². The van der Waals surface area contributed by atoms with Crippen molar-refractivity contribution in [3.8, 4) is 0 Å². The summed E-state index contributed by atoms with van der Waals surface area (Å²) in [5.74, 6) is -0.0446. The second-order valence-electron chi connectivity index (χ2n) is 5.00. The van der Waals surface area contributed by atoms with Crippen molar-refractivity contribution >= 4 is 17.1 Å². The molecule has 3 heterocycles. The SMILES string of the molecule is Cn1nnc2c(=O)n(CC(=O)N3CCCCC3)cnc21. The van der Waals surface area contributed by atoms with Gasteiger partial charge in [0.15, 0.2) is 11.2 Å². The topological polar surface area (TPSA) is 85.9 Å². The number of carbonyl (C=O) groups is 1. The molecule has 0 atom stereocenters. The Labute approximate surface area is 115 Å². The van der Waals surface area contributed by atoms with Gasteiger partial charge in [0, 0.05) is 20.1 Å². The first kappa shape index (κ1) is 12.8. The summed E-state index contributed by atoms with van der Waals surface area (Å²) in [5, 5.41) is 7.55. The third-order valence-electron chi connectivity index (χ3n) is 3.59. The summed E-state index contributed by atoms with van der Waals surface area (Å²) in [6.45, 7) is 1.56. The zero-order valence-electron chi connectivity index (χ0n) is 11.3. The van der Waals surface area contributed by atoms with E-state index in [9.17, 15) is 9.59 Å². The van der Waals surface area contributed by atoms with Crippen LogP contribution in [0.1, 0.15) is 19.3 Å². The van der Waals surface area contributed by atoms with Crippen LogP contribution in [0.5, 0.6) is 0 Å². The molecule has 1 aliphatic heterocycles. The molecular weight excluding hydrogens is 260 g/mol. The highest BCUT2D eigenvalue weighted by Crippen LogP contribution is 2.09. The van der Waals surface area contributed by atoms with Crippen molar-refractivity contribution in [3.63, 3.8) is 0 Å². The van der Waals surface area contributed by atoms with E-state index in [4.69, 9.17) is 0 Å². The van der Waals surface area contributed by atoms with E-state index >= 15 is 0 Å². The molecule has 2 aromatic rings. The van der Waals surface area contributed by atoms with Crippen molar-refractivity contribution in [2.45, 2.75) is 25.8 Å². The average molecular weight is 276 g/mol. The molecule has 2 aromatic heterocycles. The van der Waals surface area contributed by atoms with Crippen molar-refractivity contribution in [2.75, 3.05) is 13.1 Å². The molecule has 3 rings (SSSR count). The van der Waals surface area contributed by atoms with E-state index in [1.807, 2.05) is 0 Å². The predicted octanol–water partition coefficient (Wildman–Crippen LogP) is -0.463. The summed E-state index contributed by atoms with van der Waals surface area (Å²) in [5.41, 5.74) is 0.298. The third-order valence-corrected chi connectivity index (χ3v) is 3.59. The first-order valence-corrected chi connectivity index (χ1v) is 6.69. The van der Waals surface area contributed by atoms with E-state index in [1.165, 1.54) is 15.6 Å². The molecule has 0 bridgehead atoms. The zero-order valence-corrected chi connectivity index (χ0v) is 11.3. The lowest BCUT2D eigenvalue weighted by atomic mass is 10.1. The molecule has 0 aliphatic carbocycles. The summed E-state index contributed by atoms with van der Waals surface area (Å²) < 4.78 is 2.74. The molecule has 0 spiro atoms. The predicted molar refractivity (Wildman–Crippen MR) is 71.0 cm³/mol. The molecule has 0 N–H and O–H groups in total. The molecule has 1 amide bonds. The van der Waals surface area contributed by atoms with Crippen LogP contribution >= 0.6 is 0 Å². The number of rotatable bonds is 2. The van der Waals surface area contributed by atoms with E-state index in [-0.39, 0.29) is 23.5 Å². The van der Waals surface area contributed by atoms with Gasteiger partial charge in [-0.15, -0.1) is 5.10 Å². The summed E-state index contributed by atoms with van der Waals surface area (Å²) in [4.78, 5) is 30.3. The normalized spacial score (nSPS) is 15.8. The fraction of sp³-hybridized carbons (Fsp3) is 0.583. The van der Waals surface area contributed by atoms with Crippen LogP contribution in [0.25, 0.3) is 11.2 Å². The molecule has 0 aromatic carbocycles. The molecule has 1 saturated heterocycles. The van der Waals surface area contributed by atoms with Gasteiger partial charge in [-0.2, -0.15) is 0 Å². The highest BCUT2D eigenvalue weighted by Gasteiger charge is 2.18. The molecule has 0 radical (unpaired) electrons. The Morgan fingerprint density at radius 2 is 2.05 bits per heavy atom. The fourth-order valence-corrected chi connectivity index (χ4v) is 2.45. The Morgan fingerprint density at radius 3 is 2.80 bits per heavy atom. The second-order valence-corrected chi connectivity index (χ2v) is 5.00. The Balaban J connectivity index is 1.85. The highest BCUT2D eigenvalue weighted by atomic mass is 16.2. The van der Waals surface area contributed by atoms with Crippen LogP contribution < -0.4 is 5.56 Å². The van der Waals surface area contributed by atoms with Crippen LogP contribution in [0.4, 0.5) is 0 Å². The van der Waals surface area contributed by atoms with E-state index in [1.54, 1.807) is 11.9 Å². The van der Waals surface area contributed by atoms with Crippen LogP contribution in [0.15, 0.2) is 11.1 Å². The molecule has 8 heteroatoms. The summed E-state index contributed by atoms with van der Waals surface area (Å²) in [7, 11) is 1.67. The van der Waals surface area contributed by atoms with Crippen LogP contribution in [0.3, 0.4) is 0 Å². The maximum Gasteiger partial charge on any atom is 0.283 e. The van der Waals surface area contributed by atoms with E-state index in [0.717, 1.165) is 32.4 Å². The minimum absolute atomic E-state index is 0.0122. The molecule has 0 saturated carbocycles. The Kier molecular flexibility index (Phi) is 3.21. The molecule has 0 unspecified atom stereocenters. The molecule has 1 fully saturated rings. The number of fused-ring (bicyclic) bond motifs is 1. The first-order valence-electron chi connectivity index (χ1n) is 6.69. The minimum Gasteiger partial charge on any atom is -0.341 e. The first-order chi connectivity index (χ1) is 9.66. The molecule has 106 valence electrons. The van der Waals surface area contributed by atoms with Gasteiger partial charge in [0.2, 0.25) is 5.91 Å². The number of nitrogens with zero attached hydrogens (tertiary/aromatic N) is 6. The van der Waals surface area contributed by atoms with Gasteiger partial charge in [-0.3, -0.25) is 14.2 Å². The van der Waals surface area contributed by atoms with Crippen LogP contribution in [0.2, 0.25) is 0 Å². The second kappa shape index (κ2) is 5.03. The summed E-state index contributed by atoms with van der Waals surface area (Å²) in [6, 6.07) is 0. The van der Waals surface area contributed by atoms with Gasteiger partial charge < -0.3 is 4.90 Å². The number of likely N-dealkylation sites (tertiary alicyclic amines) is 1. The van der Waals surface area contributed by atoms with Gasteiger partial charge in [-0.1, -0.05) is 5.21 Å². The maximum atomic E-state index is 12.2. The van der Waals surface area contributed by atoms with Gasteiger partial charge >= 0.3 is 0 Å². The van der Waals surface area contributed by atoms with Crippen LogP contribution in [0, 0.1) is 0 Å². The molecule has 8 nitrogen and oxygen atoms in total. The number of amides is 1. The monoisotopic (exact) mass is 276 g/mol. The number of aromatic nitrogens is 5. The smallest absolute Gasteiger partial charge is 0.283 e. The van der Waals surface area contributed by atoms with Crippen LogP contribution in [-0.2, 0) is 18.4 Å². The largest absolute Gasteiger partial charge is 0.341 e. The van der Waals surface area contributed by atoms with E-state index in [0.29, 0.717) is 5.65 Å². The van der Waals surface area contributed by atoms with Crippen molar-refractivity contribution in [3.05, 3.63) is 16.7 Å². The third kappa shape index (κ3) is 2.17. The average Bonchev–Trinajstić information content (AvgIpc) is 2.85. The summed E-state index contributed by atoms with van der Waals surface area (Å²) >= 11 is 0. The van der Waals surface area contributed by atoms with Crippen LogP contribution in [-0.4, -0.2) is 48.4 Å². The number of hydrogen-bond acceptors (Lipinski definition) is 5. The Bertz CT molecular complexity index is 698. The lowest BCUT2D eigenvalue weighted by Gasteiger charge is -2.26. The lowest BCUT2D eigenvalue weighted by Crippen LogP contribution is -2.39. The van der Waals surface area contributed by atoms with E-state index in [2.05, 4.69) is 15.3 Å².